The van der Waals surface area contributed by atoms with E-state index in [4.69, 9.17) is 4.74 Å². The first kappa shape index (κ1) is 40.9. The molecule has 5 atom stereocenters. The summed E-state index contributed by atoms with van der Waals surface area (Å²) in [5, 5.41) is 32.7. The molecule has 0 aliphatic heterocycles. The van der Waals surface area contributed by atoms with Crippen molar-refractivity contribution in [2.24, 2.45) is 16.7 Å². The number of aliphatic hydroxyl groups excluding tert-OH is 1. The highest BCUT2D eigenvalue weighted by molar-refractivity contribution is 5.95. The molecule has 0 radical (unpaired) electrons. The fourth-order valence-corrected chi connectivity index (χ4v) is 7.15. The Morgan fingerprint density at radius 3 is 1.88 bits per heavy atom. The van der Waals surface area contributed by atoms with Crippen molar-refractivity contribution >= 4 is 11.8 Å². The Kier molecular flexibility index (Phi) is 14.4. The van der Waals surface area contributed by atoms with E-state index in [1.165, 1.54) is 6.92 Å². The SMILES string of the molecule is CC(=O)O[C@H]1CC(C)(C)C(=C=C/C(C)=C/C=C/C(C)=C/C=C/C=C(C)/C=C/C=C(\C)C(=O)C[C@@]2(O)C(C)CC(O)CC2(C)C)[C@](C)(O)C1. The van der Waals surface area contributed by atoms with Crippen molar-refractivity contribution in [1.29, 1.82) is 0 Å². The van der Waals surface area contributed by atoms with E-state index in [1.807, 2.05) is 116 Å². The zero-order chi connectivity index (χ0) is 36.5. The highest BCUT2D eigenvalue weighted by Crippen LogP contribution is 2.49. The Bertz CT molecular complexity index is 1440. The van der Waals surface area contributed by atoms with Gasteiger partial charge in [-0.15, -0.1) is 5.73 Å². The minimum Gasteiger partial charge on any atom is -0.462 e. The third kappa shape index (κ3) is 11.7. The molecule has 0 saturated heterocycles. The fourth-order valence-electron chi connectivity index (χ4n) is 7.15. The molecule has 2 aliphatic carbocycles. The molecule has 0 aromatic rings. The molecule has 3 N–H and O–H groups in total. The van der Waals surface area contributed by atoms with Crippen LogP contribution in [0.1, 0.15) is 108 Å². The number of esters is 1. The summed E-state index contributed by atoms with van der Waals surface area (Å²) in [6.45, 7) is 20.8. The summed E-state index contributed by atoms with van der Waals surface area (Å²) in [6.07, 6.45) is 22.7. The van der Waals surface area contributed by atoms with Gasteiger partial charge in [0, 0.05) is 25.3 Å². The second-order valence-corrected chi connectivity index (χ2v) is 15.5. The number of ketones is 1. The molecule has 2 aliphatic rings. The van der Waals surface area contributed by atoms with Gasteiger partial charge in [-0.1, -0.05) is 107 Å². The van der Waals surface area contributed by atoms with Crippen LogP contribution in [-0.2, 0) is 14.3 Å². The van der Waals surface area contributed by atoms with E-state index in [1.54, 1.807) is 19.9 Å². The Balaban J connectivity index is 1.97. The molecule has 0 bridgehead atoms. The van der Waals surface area contributed by atoms with Crippen molar-refractivity contribution < 1.29 is 29.6 Å². The first-order chi connectivity index (χ1) is 22.1. The molecule has 48 heavy (non-hydrogen) atoms. The van der Waals surface area contributed by atoms with Crippen LogP contribution >= 0.6 is 0 Å². The van der Waals surface area contributed by atoms with Crippen molar-refractivity contribution in [3.05, 3.63) is 100 Å². The van der Waals surface area contributed by atoms with Crippen LogP contribution in [0.4, 0.5) is 0 Å². The van der Waals surface area contributed by atoms with Gasteiger partial charge in [-0.05, 0) is 87.9 Å². The van der Waals surface area contributed by atoms with Gasteiger partial charge < -0.3 is 20.1 Å². The molecule has 0 spiro atoms. The third-order valence-electron chi connectivity index (χ3n) is 9.84. The number of carbonyl (C=O) groups excluding carboxylic acids is 2. The summed E-state index contributed by atoms with van der Waals surface area (Å²) < 4.78 is 5.41. The smallest absolute Gasteiger partial charge is 0.302 e. The number of rotatable bonds is 11. The zero-order valence-corrected chi connectivity index (χ0v) is 31.2. The van der Waals surface area contributed by atoms with Crippen molar-refractivity contribution in [2.75, 3.05) is 0 Å². The molecule has 0 amide bonds. The topological polar surface area (TPSA) is 104 Å². The number of aliphatic hydroxyl groups is 3. The largest absolute Gasteiger partial charge is 0.462 e. The summed E-state index contributed by atoms with van der Waals surface area (Å²) in [5.41, 5.74) is 4.67. The average molecular weight is 661 g/mol. The number of hydrogen-bond acceptors (Lipinski definition) is 6. The monoisotopic (exact) mass is 660 g/mol. The molecular weight excluding hydrogens is 600 g/mol. The van der Waals surface area contributed by atoms with Crippen LogP contribution in [0.2, 0.25) is 0 Å². The van der Waals surface area contributed by atoms with Crippen molar-refractivity contribution in [3.63, 3.8) is 0 Å². The van der Waals surface area contributed by atoms with Gasteiger partial charge in [0.1, 0.15) is 6.10 Å². The van der Waals surface area contributed by atoms with Gasteiger partial charge in [-0.2, -0.15) is 0 Å². The van der Waals surface area contributed by atoms with Gasteiger partial charge in [0.25, 0.3) is 0 Å². The lowest BCUT2D eigenvalue weighted by atomic mass is 9.58. The van der Waals surface area contributed by atoms with E-state index in [2.05, 4.69) is 5.73 Å². The molecule has 2 unspecified atom stereocenters. The lowest BCUT2D eigenvalue weighted by Crippen LogP contribution is -2.56. The molecule has 0 heterocycles. The van der Waals surface area contributed by atoms with Crippen LogP contribution in [0.15, 0.2) is 100 Å². The number of allylic oxidation sites excluding steroid dienone is 14. The summed E-state index contributed by atoms with van der Waals surface area (Å²) in [5.74, 6) is -0.577. The summed E-state index contributed by atoms with van der Waals surface area (Å²) >= 11 is 0. The Labute approximate surface area is 289 Å². The molecule has 0 aromatic carbocycles. The van der Waals surface area contributed by atoms with E-state index < -0.39 is 22.7 Å². The van der Waals surface area contributed by atoms with Crippen LogP contribution in [-0.4, -0.2) is 50.5 Å². The summed E-state index contributed by atoms with van der Waals surface area (Å²) in [4.78, 5) is 24.4. The third-order valence-corrected chi connectivity index (χ3v) is 9.84. The van der Waals surface area contributed by atoms with Crippen molar-refractivity contribution in [1.82, 2.24) is 0 Å². The van der Waals surface area contributed by atoms with Crippen LogP contribution < -0.4 is 0 Å². The van der Waals surface area contributed by atoms with Gasteiger partial charge in [0.2, 0.25) is 0 Å². The average Bonchev–Trinajstić information content (AvgIpc) is 2.92. The van der Waals surface area contributed by atoms with Crippen LogP contribution in [0.25, 0.3) is 0 Å². The second kappa shape index (κ2) is 16.9. The van der Waals surface area contributed by atoms with Gasteiger partial charge in [0.15, 0.2) is 5.78 Å². The number of hydrogen-bond donors (Lipinski definition) is 3. The molecule has 2 rings (SSSR count). The van der Waals surface area contributed by atoms with Gasteiger partial charge in [0.05, 0.1) is 17.3 Å². The minimum absolute atomic E-state index is 0.0495. The van der Waals surface area contributed by atoms with Crippen molar-refractivity contribution in [3.8, 4) is 0 Å². The minimum atomic E-state index is -1.15. The maximum absolute atomic E-state index is 13.0. The quantitative estimate of drug-likeness (QED) is 0.0888. The number of ether oxygens (including phenoxy) is 1. The Morgan fingerprint density at radius 1 is 0.812 bits per heavy atom. The maximum Gasteiger partial charge on any atom is 0.302 e. The lowest BCUT2D eigenvalue weighted by Gasteiger charge is -2.51. The predicted octanol–water partition coefficient (Wildman–Crippen LogP) is 8.53. The van der Waals surface area contributed by atoms with E-state index in [0.29, 0.717) is 31.3 Å². The van der Waals surface area contributed by atoms with Gasteiger partial charge in [-0.3, -0.25) is 9.59 Å². The summed E-state index contributed by atoms with van der Waals surface area (Å²) in [6, 6.07) is 0. The standard InChI is InChI=1S/C42H60O6/c1-29(18-14-19-31(3)22-23-38-39(7,8)26-36(48-34(6)43)27-41(38,11)46)16-12-13-17-30(2)20-15-21-32(4)37(45)28-42(47)33(5)24-35(44)25-40(42,9)10/h12-22,33,35-36,44,46-47H,24-28H2,1-11H3/b13-12+,18-14+,20-15+,29-16+,30-17+,31-19+,32-21+/t23?,33?,35?,36-,41+,42+/m0/s1. The molecule has 264 valence electrons. The van der Waals surface area contributed by atoms with E-state index in [0.717, 1.165) is 22.3 Å². The Morgan fingerprint density at radius 2 is 1.35 bits per heavy atom. The van der Waals surface area contributed by atoms with E-state index in [9.17, 15) is 24.9 Å². The fraction of sp³-hybridized carbons (Fsp3) is 0.548. The normalized spacial score (nSPS) is 30.2. The van der Waals surface area contributed by atoms with Gasteiger partial charge in [-0.25, -0.2) is 0 Å². The first-order valence-electron chi connectivity index (χ1n) is 17.1. The highest BCUT2D eigenvalue weighted by Gasteiger charge is 2.53. The van der Waals surface area contributed by atoms with Crippen molar-refractivity contribution in [2.45, 2.75) is 132 Å². The molecular formula is C42H60O6. The van der Waals surface area contributed by atoms with E-state index >= 15 is 0 Å². The second-order valence-electron chi connectivity index (χ2n) is 15.5. The Hall–Kier alpha value is -3.28. The molecule has 6 heteroatoms. The van der Waals surface area contributed by atoms with Gasteiger partial charge >= 0.3 is 5.97 Å². The lowest BCUT2D eigenvalue weighted by molar-refractivity contribution is -0.168. The molecule has 0 aromatic heterocycles. The first-order valence-corrected chi connectivity index (χ1v) is 17.1. The number of carbonyl (C=O) groups is 2. The summed E-state index contributed by atoms with van der Waals surface area (Å²) in [7, 11) is 0. The molecule has 2 fully saturated rings. The van der Waals surface area contributed by atoms with Crippen LogP contribution in [0.5, 0.6) is 0 Å². The predicted molar refractivity (Wildman–Crippen MR) is 196 cm³/mol. The highest BCUT2D eigenvalue weighted by atomic mass is 16.5. The maximum atomic E-state index is 13.0. The zero-order valence-electron chi connectivity index (χ0n) is 31.2. The van der Waals surface area contributed by atoms with E-state index in [-0.39, 0.29) is 35.6 Å². The molecule has 2 saturated carbocycles. The number of Topliss-reactive ketones (excluding diaryl/α,β-unsaturated/α-hetero) is 1. The molecule has 6 nitrogen and oxygen atoms in total. The van der Waals surface area contributed by atoms with Crippen LogP contribution in [0.3, 0.4) is 0 Å². The van der Waals surface area contributed by atoms with Crippen LogP contribution in [0, 0.1) is 16.7 Å².